The van der Waals surface area contributed by atoms with Crippen LogP contribution in [0.1, 0.15) is 31.9 Å². The van der Waals surface area contributed by atoms with Gasteiger partial charge in [0.15, 0.2) is 0 Å². The summed E-state index contributed by atoms with van der Waals surface area (Å²) in [6.45, 7) is 7.43. The standard InChI is InChI=1S/C18H23NS/c1-18(2,3)15-6-10-17(11-7-15)20-16-8-4-14(5-9-16)12-13-19/h4-11H,12-13,19H2,1-3H3. The Balaban J connectivity index is 2.06. The molecule has 0 fully saturated rings. The molecule has 0 saturated carbocycles. The minimum Gasteiger partial charge on any atom is -0.330 e. The molecule has 0 saturated heterocycles. The summed E-state index contributed by atoms with van der Waals surface area (Å²) in [4.78, 5) is 2.55. The molecule has 20 heavy (non-hydrogen) atoms. The monoisotopic (exact) mass is 285 g/mol. The van der Waals surface area contributed by atoms with E-state index in [1.807, 2.05) is 0 Å². The van der Waals surface area contributed by atoms with Gasteiger partial charge in [-0.25, -0.2) is 0 Å². The first-order chi connectivity index (χ1) is 9.49. The Labute approximate surface area is 126 Å². The smallest absolute Gasteiger partial charge is 0.0122 e. The van der Waals surface area contributed by atoms with Gasteiger partial charge in [-0.3, -0.25) is 0 Å². The maximum Gasteiger partial charge on any atom is 0.0122 e. The predicted octanol–water partition coefficient (Wildman–Crippen LogP) is 4.64. The van der Waals surface area contributed by atoms with Crippen LogP contribution in [-0.4, -0.2) is 6.54 Å². The van der Waals surface area contributed by atoms with E-state index in [-0.39, 0.29) is 5.41 Å². The largest absolute Gasteiger partial charge is 0.330 e. The van der Waals surface area contributed by atoms with Gasteiger partial charge >= 0.3 is 0 Å². The number of hydrogen-bond donors (Lipinski definition) is 1. The molecule has 106 valence electrons. The molecule has 0 spiro atoms. The number of rotatable bonds is 4. The van der Waals surface area contributed by atoms with Gasteiger partial charge in [0.25, 0.3) is 0 Å². The summed E-state index contributed by atoms with van der Waals surface area (Å²) in [5.41, 5.74) is 8.46. The summed E-state index contributed by atoms with van der Waals surface area (Å²) in [6, 6.07) is 17.5. The molecule has 0 aromatic heterocycles. The molecule has 0 unspecified atom stereocenters. The number of nitrogens with two attached hydrogens (primary N) is 1. The normalized spacial score (nSPS) is 11.6. The van der Waals surface area contributed by atoms with Crippen molar-refractivity contribution in [1.29, 1.82) is 0 Å². The van der Waals surface area contributed by atoms with Crippen molar-refractivity contribution in [3.8, 4) is 0 Å². The van der Waals surface area contributed by atoms with Crippen LogP contribution in [0.2, 0.25) is 0 Å². The van der Waals surface area contributed by atoms with E-state index in [0.29, 0.717) is 6.54 Å². The van der Waals surface area contributed by atoms with Crippen molar-refractivity contribution in [2.75, 3.05) is 6.54 Å². The van der Waals surface area contributed by atoms with Gasteiger partial charge in [-0.05, 0) is 53.8 Å². The van der Waals surface area contributed by atoms with Crippen LogP contribution in [0.5, 0.6) is 0 Å². The van der Waals surface area contributed by atoms with Crippen LogP contribution in [0, 0.1) is 0 Å². The zero-order valence-corrected chi connectivity index (χ0v) is 13.3. The highest BCUT2D eigenvalue weighted by molar-refractivity contribution is 7.99. The SMILES string of the molecule is CC(C)(C)c1ccc(Sc2ccc(CCN)cc2)cc1. The minimum absolute atomic E-state index is 0.215. The summed E-state index contributed by atoms with van der Waals surface area (Å²) in [7, 11) is 0. The second-order valence-corrected chi connectivity index (χ2v) is 7.21. The zero-order chi connectivity index (χ0) is 14.6. The van der Waals surface area contributed by atoms with Crippen molar-refractivity contribution in [1.82, 2.24) is 0 Å². The lowest BCUT2D eigenvalue weighted by Crippen LogP contribution is -2.10. The second-order valence-electron chi connectivity index (χ2n) is 6.06. The van der Waals surface area contributed by atoms with E-state index in [0.717, 1.165) is 6.42 Å². The summed E-state index contributed by atoms with van der Waals surface area (Å²) in [6.07, 6.45) is 0.950. The molecular formula is C18H23NS. The molecule has 2 aromatic rings. The Morgan fingerprint density at radius 1 is 0.850 bits per heavy atom. The Bertz CT molecular complexity index is 535. The molecule has 0 atom stereocenters. The van der Waals surface area contributed by atoms with Crippen molar-refractivity contribution >= 4 is 11.8 Å². The molecule has 0 bridgehead atoms. The molecule has 2 N–H and O–H groups in total. The maximum absolute atomic E-state index is 5.57. The van der Waals surface area contributed by atoms with Gasteiger partial charge in [0.1, 0.15) is 0 Å². The third kappa shape index (κ3) is 4.12. The fourth-order valence-corrected chi connectivity index (χ4v) is 2.87. The lowest BCUT2D eigenvalue weighted by atomic mass is 9.87. The van der Waals surface area contributed by atoms with E-state index in [9.17, 15) is 0 Å². The third-order valence-corrected chi connectivity index (χ3v) is 4.33. The summed E-state index contributed by atoms with van der Waals surface area (Å²) >= 11 is 1.80. The lowest BCUT2D eigenvalue weighted by molar-refractivity contribution is 0.590. The fraction of sp³-hybridized carbons (Fsp3) is 0.333. The number of hydrogen-bond acceptors (Lipinski definition) is 2. The predicted molar refractivity (Wildman–Crippen MR) is 88.5 cm³/mol. The molecule has 2 heteroatoms. The van der Waals surface area contributed by atoms with Gasteiger partial charge in [-0.15, -0.1) is 0 Å². The molecule has 0 aliphatic carbocycles. The molecule has 0 heterocycles. The summed E-state index contributed by atoms with van der Waals surface area (Å²) in [5, 5.41) is 0. The molecule has 2 aromatic carbocycles. The van der Waals surface area contributed by atoms with Crippen LogP contribution < -0.4 is 5.73 Å². The number of benzene rings is 2. The fourth-order valence-electron chi connectivity index (χ4n) is 2.05. The van der Waals surface area contributed by atoms with Crippen molar-refractivity contribution in [2.24, 2.45) is 5.73 Å². The van der Waals surface area contributed by atoms with Crippen LogP contribution in [0.3, 0.4) is 0 Å². The molecule has 0 amide bonds. The second kappa shape index (κ2) is 6.47. The Morgan fingerprint density at radius 2 is 1.35 bits per heavy atom. The van der Waals surface area contributed by atoms with E-state index in [2.05, 4.69) is 69.3 Å². The lowest BCUT2D eigenvalue weighted by Gasteiger charge is -2.19. The highest BCUT2D eigenvalue weighted by Gasteiger charge is 2.12. The van der Waals surface area contributed by atoms with Crippen LogP contribution in [0.4, 0.5) is 0 Å². The van der Waals surface area contributed by atoms with E-state index in [4.69, 9.17) is 5.73 Å². The van der Waals surface area contributed by atoms with Gasteiger partial charge in [0.05, 0.1) is 0 Å². The van der Waals surface area contributed by atoms with Crippen LogP contribution in [0.25, 0.3) is 0 Å². The summed E-state index contributed by atoms with van der Waals surface area (Å²) in [5.74, 6) is 0. The maximum atomic E-state index is 5.57. The Kier molecular flexibility index (Phi) is 4.90. The van der Waals surface area contributed by atoms with Gasteiger partial charge in [-0.2, -0.15) is 0 Å². The van der Waals surface area contributed by atoms with Crippen molar-refractivity contribution in [3.05, 3.63) is 59.7 Å². The Morgan fingerprint density at radius 3 is 1.80 bits per heavy atom. The van der Waals surface area contributed by atoms with Crippen LogP contribution in [0.15, 0.2) is 58.3 Å². The van der Waals surface area contributed by atoms with Crippen molar-refractivity contribution in [3.63, 3.8) is 0 Å². The first-order valence-corrected chi connectivity index (χ1v) is 7.88. The molecular weight excluding hydrogens is 262 g/mol. The van der Waals surface area contributed by atoms with Crippen molar-refractivity contribution in [2.45, 2.75) is 42.4 Å². The van der Waals surface area contributed by atoms with Crippen molar-refractivity contribution < 1.29 is 0 Å². The molecule has 0 aliphatic heterocycles. The van der Waals surface area contributed by atoms with Gasteiger partial charge in [-0.1, -0.05) is 56.8 Å². The molecule has 0 radical (unpaired) electrons. The minimum atomic E-state index is 0.215. The average molecular weight is 285 g/mol. The van der Waals surface area contributed by atoms with Gasteiger partial charge in [0.2, 0.25) is 0 Å². The van der Waals surface area contributed by atoms with Crippen LogP contribution in [-0.2, 0) is 11.8 Å². The quantitative estimate of drug-likeness (QED) is 0.886. The highest BCUT2D eigenvalue weighted by Crippen LogP contribution is 2.30. The van der Waals surface area contributed by atoms with Crippen LogP contribution >= 0.6 is 11.8 Å². The van der Waals surface area contributed by atoms with E-state index >= 15 is 0 Å². The van der Waals surface area contributed by atoms with Gasteiger partial charge in [0, 0.05) is 9.79 Å². The first kappa shape index (κ1) is 15.1. The molecule has 0 aliphatic rings. The summed E-state index contributed by atoms with van der Waals surface area (Å²) < 4.78 is 0. The third-order valence-electron chi connectivity index (χ3n) is 3.31. The zero-order valence-electron chi connectivity index (χ0n) is 12.5. The van der Waals surface area contributed by atoms with Gasteiger partial charge < -0.3 is 5.73 Å². The van der Waals surface area contributed by atoms with E-state index < -0.39 is 0 Å². The first-order valence-electron chi connectivity index (χ1n) is 7.06. The molecule has 2 rings (SSSR count). The Hall–Kier alpha value is -1.25. The molecule has 1 nitrogen and oxygen atoms in total. The van der Waals surface area contributed by atoms with E-state index in [1.54, 1.807) is 11.8 Å². The van der Waals surface area contributed by atoms with E-state index in [1.165, 1.54) is 20.9 Å². The topological polar surface area (TPSA) is 26.0 Å². The average Bonchev–Trinajstić information content (AvgIpc) is 2.41. The highest BCUT2D eigenvalue weighted by atomic mass is 32.2.